The monoisotopic (exact) mass is 449 g/mol. The van der Waals surface area contributed by atoms with Crippen molar-refractivity contribution in [3.05, 3.63) is 82.3 Å². The van der Waals surface area contributed by atoms with Crippen LogP contribution in [0, 0.1) is 0 Å². The second-order valence-electron chi connectivity index (χ2n) is 6.14. The number of carbonyl (C=O) groups excluding carboxylic acids is 1. The van der Waals surface area contributed by atoms with E-state index in [-0.39, 0.29) is 26.2 Å². The Kier molecular flexibility index (Phi) is 6.02. The maximum atomic E-state index is 12.8. The van der Waals surface area contributed by atoms with Gasteiger partial charge in [0.2, 0.25) is 0 Å². The Morgan fingerprint density at radius 1 is 0.966 bits per heavy atom. The van der Waals surface area contributed by atoms with Crippen molar-refractivity contribution >= 4 is 56.2 Å². The highest BCUT2D eigenvalue weighted by Gasteiger charge is 2.21. The van der Waals surface area contributed by atoms with Gasteiger partial charge in [0.25, 0.3) is 15.9 Å². The van der Waals surface area contributed by atoms with Gasteiger partial charge in [0.15, 0.2) is 0 Å². The summed E-state index contributed by atoms with van der Waals surface area (Å²) in [5.74, 6) is -0.442. The molecule has 0 aliphatic rings. The first kappa shape index (κ1) is 21.0. The number of nitrogen functional groups attached to an aromatic ring is 1. The number of hydrogen-bond donors (Lipinski definition) is 2. The lowest BCUT2D eigenvalue weighted by atomic mass is 10.2. The molecule has 29 heavy (non-hydrogen) atoms. The van der Waals surface area contributed by atoms with Gasteiger partial charge in [-0.1, -0.05) is 41.4 Å². The molecule has 0 unspecified atom stereocenters. The van der Waals surface area contributed by atoms with E-state index in [1.165, 1.54) is 47.8 Å². The van der Waals surface area contributed by atoms with Gasteiger partial charge in [-0.15, -0.1) is 0 Å². The number of anilines is 3. The van der Waals surface area contributed by atoms with E-state index in [4.69, 9.17) is 28.9 Å². The number of rotatable bonds is 5. The van der Waals surface area contributed by atoms with Crippen molar-refractivity contribution in [2.45, 2.75) is 4.90 Å². The summed E-state index contributed by atoms with van der Waals surface area (Å²) >= 11 is 11.9. The van der Waals surface area contributed by atoms with Crippen molar-refractivity contribution in [3.63, 3.8) is 0 Å². The fraction of sp³-hybridized carbons (Fsp3) is 0.0500. The lowest BCUT2D eigenvalue weighted by Crippen LogP contribution is -2.26. The Balaban J connectivity index is 1.80. The van der Waals surface area contributed by atoms with Crippen LogP contribution >= 0.6 is 23.2 Å². The van der Waals surface area contributed by atoms with Crippen LogP contribution in [0.25, 0.3) is 0 Å². The quantitative estimate of drug-likeness (QED) is 0.554. The van der Waals surface area contributed by atoms with Crippen molar-refractivity contribution in [1.29, 1.82) is 0 Å². The second-order valence-corrected chi connectivity index (χ2v) is 8.92. The van der Waals surface area contributed by atoms with Crippen LogP contribution in [0.5, 0.6) is 0 Å². The lowest BCUT2D eigenvalue weighted by molar-refractivity contribution is 0.102. The molecule has 9 heteroatoms. The molecule has 3 N–H and O–H groups in total. The standard InChI is InChI=1S/C20H17Cl2N3O3S/c1-25(15-5-3-2-4-6-15)29(27,28)16-9-7-13(8-10-16)20(26)24-14-11-17(21)19(23)18(22)12-14/h2-12H,23H2,1H3,(H,24,26). The summed E-state index contributed by atoms with van der Waals surface area (Å²) < 4.78 is 26.8. The van der Waals surface area contributed by atoms with Crippen molar-refractivity contribution < 1.29 is 13.2 Å². The van der Waals surface area contributed by atoms with Gasteiger partial charge in [-0.3, -0.25) is 9.10 Å². The van der Waals surface area contributed by atoms with E-state index in [1.807, 2.05) is 0 Å². The van der Waals surface area contributed by atoms with Crippen molar-refractivity contribution in [1.82, 2.24) is 0 Å². The van der Waals surface area contributed by atoms with Gasteiger partial charge in [0.1, 0.15) is 0 Å². The average molecular weight is 450 g/mol. The number of amides is 1. The van der Waals surface area contributed by atoms with E-state index in [2.05, 4.69) is 5.32 Å². The third-order valence-corrected chi connectivity index (χ3v) is 6.66. The first-order chi connectivity index (χ1) is 13.7. The first-order valence-corrected chi connectivity index (χ1v) is 10.6. The minimum absolute atomic E-state index is 0.0685. The van der Waals surface area contributed by atoms with Crippen LogP contribution in [-0.4, -0.2) is 21.4 Å². The molecule has 150 valence electrons. The zero-order valence-electron chi connectivity index (χ0n) is 15.3. The number of para-hydroxylation sites is 1. The zero-order valence-corrected chi connectivity index (χ0v) is 17.6. The molecule has 0 radical (unpaired) electrons. The number of nitrogens with zero attached hydrogens (tertiary/aromatic N) is 1. The third-order valence-electron chi connectivity index (χ3n) is 4.23. The van der Waals surface area contributed by atoms with Gasteiger partial charge in [-0.2, -0.15) is 0 Å². The Bertz CT molecular complexity index is 1130. The number of nitrogens with one attached hydrogen (secondary N) is 1. The molecule has 0 saturated carbocycles. The summed E-state index contributed by atoms with van der Waals surface area (Å²) in [6.07, 6.45) is 0. The Morgan fingerprint density at radius 3 is 2.07 bits per heavy atom. The minimum Gasteiger partial charge on any atom is -0.396 e. The predicted octanol–water partition coefficient (Wildman–Crippen LogP) is 4.65. The topological polar surface area (TPSA) is 92.5 Å². The Labute approximate surface area is 178 Å². The molecule has 1 amide bonds. The predicted molar refractivity (Wildman–Crippen MR) is 117 cm³/mol. The zero-order chi connectivity index (χ0) is 21.2. The van der Waals surface area contributed by atoms with E-state index < -0.39 is 15.9 Å². The molecule has 6 nitrogen and oxygen atoms in total. The van der Waals surface area contributed by atoms with Crippen LogP contribution in [0.3, 0.4) is 0 Å². The van der Waals surface area contributed by atoms with Crippen molar-refractivity contribution in [2.75, 3.05) is 22.4 Å². The van der Waals surface area contributed by atoms with Crippen LogP contribution in [0.4, 0.5) is 17.1 Å². The van der Waals surface area contributed by atoms with E-state index in [1.54, 1.807) is 30.3 Å². The van der Waals surface area contributed by atoms with E-state index >= 15 is 0 Å². The van der Waals surface area contributed by atoms with Crippen LogP contribution < -0.4 is 15.4 Å². The van der Waals surface area contributed by atoms with Crippen molar-refractivity contribution in [3.8, 4) is 0 Å². The number of carbonyl (C=O) groups is 1. The summed E-state index contributed by atoms with van der Waals surface area (Å²) in [6.45, 7) is 0. The van der Waals surface area contributed by atoms with E-state index in [9.17, 15) is 13.2 Å². The maximum absolute atomic E-state index is 12.8. The molecule has 0 heterocycles. The number of hydrogen-bond acceptors (Lipinski definition) is 4. The summed E-state index contributed by atoms with van der Waals surface area (Å²) in [4.78, 5) is 12.5. The van der Waals surface area contributed by atoms with Gasteiger partial charge < -0.3 is 11.1 Å². The third kappa shape index (κ3) is 4.48. The fourth-order valence-corrected chi connectivity index (χ4v) is 4.26. The first-order valence-electron chi connectivity index (χ1n) is 8.40. The Morgan fingerprint density at radius 2 is 1.52 bits per heavy atom. The molecule has 3 rings (SSSR count). The summed E-state index contributed by atoms with van der Waals surface area (Å²) in [5.41, 5.74) is 7.09. The fourth-order valence-electron chi connectivity index (χ4n) is 2.57. The van der Waals surface area contributed by atoms with Crippen LogP contribution in [0.15, 0.2) is 71.6 Å². The highest BCUT2D eigenvalue weighted by molar-refractivity contribution is 7.92. The van der Waals surface area contributed by atoms with Crippen LogP contribution in [0.1, 0.15) is 10.4 Å². The number of halogens is 2. The molecule has 3 aromatic rings. The molecule has 3 aromatic carbocycles. The molecular weight excluding hydrogens is 433 g/mol. The smallest absolute Gasteiger partial charge is 0.264 e. The molecule has 0 fully saturated rings. The van der Waals surface area contributed by atoms with Gasteiger partial charge in [-0.05, 0) is 48.5 Å². The molecular formula is C20H17Cl2N3O3S. The molecule has 0 atom stereocenters. The van der Waals surface area contributed by atoms with Gasteiger partial charge in [0, 0.05) is 18.3 Å². The molecule has 0 aliphatic heterocycles. The summed E-state index contributed by atoms with van der Waals surface area (Å²) in [5, 5.41) is 3.09. The van der Waals surface area contributed by atoms with Gasteiger partial charge >= 0.3 is 0 Å². The Hall–Kier alpha value is -2.74. The summed E-state index contributed by atoms with van der Waals surface area (Å²) in [7, 11) is -2.28. The number of nitrogens with two attached hydrogens (primary N) is 1. The molecule has 0 aliphatic carbocycles. The molecule has 0 aromatic heterocycles. The van der Waals surface area contributed by atoms with Crippen molar-refractivity contribution in [2.24, 2.45) is 0 Å². The molecule has 0 saturated heterocycles. The largest absolute Gasteiger partial charge is 0.396 e. The summed E-state index contributed by atoms with van der Waals surface area (Å²) in [6, 6.07) is 17.3. The van der Waals surface area contributed by atoms with Gasteiger partial charge in [-0.25, -0.2) is 8.42 Å². The SMILES string of the molecule is CN(c1ccccc1)S(=O)(=O)c1ccc(C(=O)Nc2cc(Cl)c(N)c(Cl)c2)cc1. The van der Waals surface area contributed by atoms with E-state index in [0.29, 0.717) is 11.4 Å². The molecule has 0 spiro atoms. The molecule has 0 bridgehead atoms. The normalized spacial score (nSPS) is 11.1. The van der Waals surface area contributed by atoms with Gasteiger partial charge in [0.05, 0.1) is 26.3 Å². The minimum atomic E-state index is -3.76. The second kappa shape index (κ2) is 8.32. The highest BCUT2D eigenvalue weighted by Crippen LogP contribution is 2.31. The maximum Gasteiger partial charge on any atom is 0.264 e. The van der Waals surface area contributed by atoms with Crippen LogP contribution in [-0.2, 0) is 10.0 Å². The highest BCUT2D eigenvalue weighted by atomic mass is 35.5. The number of sulfonamides is 1. The number of benzene rings is 3. The van der Waals surface area contributed by atoms with Crippen LogP contribution in [0.2, 0.25) is 10.0 Å². The average Bonchev–Trinajstić information content (AvgIpc) is 2.72. The van der Waals surface area contributed by atoms with E-state index in [0.717, 1.165) is 0 Å². The lowest BCUT2D eigenvalue weighted by Gasteiger charge is -2.19.